The first-order valence-electron chi connectivity index (χ1n) is 5.57. The molecule has 1 unspecified atom stereocenters. The fourth-order valence-corrected chi connectivity index (χ4v) is 1.44. The highest BCUT2D eigenvalue weighted by Gasteiger charge is 2.14. The monoisotopic (exact) mass is 225 g/mol. The lowest BCUT2D eigenvalue weighted by Crippen LogP contribution is -2.32. The number of nitrogens with one attached hydrogen (secondary N) is 1. The lowest BCUT2D eigenvalue weighted by Gasteiger charge is -2.08. The smallest absolute Gasteiger partial charge is 0.254 e. The van der Waals surface area contributed by atoms with Gasteiger partial charge in [-0.2, -0.15) is 5.10 Å². The minimum atomic E-state index is -0.481. The van der Waals surface area contributed by atoms with Crippen molar-refractivity contribution >= 4 is 5.91 Å². The van der Waals surface area contributed by atoms with Crippen molar-refractivity contribution in [3.8, 4) is 0 Å². The lowest BCUT2D eigenvalue weighted by atomic mass is 10.2. The van der Waals surface area contributed by atoms with Crippen LogP contribution in [0.5, 0.6) is 0 Å². The first-order chi connectivity index (χ1) is 7.58. The Hall–Kier alpha value is -1.36. The summed E-state index contributed by atoms with van der Waals surface area (Å²) in [5, 5.41) is 16.2. The van der Waals surface area contributed by atoms with Gasteiger partial charge in [-0.05, 0) is 12.8 Å². The number of aliphatic hydroxyl groups is 1. The molecule has 0 spiro atoms. The van der Waals surface area contributed by atoms with Gasteiger partial charge < -0.3 is 10.4 Å². The standard InChI is InChI=1S/C11H19N3O2/c1-4-8(15)6-12-11(16)9-7-14(3)13-10(9)5-2/h7-8,15H,4-6H2,1-3H3,(H,12,16). The molecule has 2 N–H and O–H groups in total. The molecule has 0 fully saturated rings. The molecule has 5 nitrogen and oxygen atoms in total. The number of carbonyl (C=O) groups is 1. The Morgan fingerprint density at radius 3 is 2.88 bits per heavy atom. The van der Waals surface area contributed by atoms with Crippen LogP contribution in [0.1, 0.15) is 36.3 Å². The third-order valence-electron chi connectivity index (χ3n) is 2.45. The van der Waals surface area contributed by atoms with Crippen LogP contribution >= 0.6 is 0 Å². The zero-order chi connectivity index (χ0) is 12.1. The van der Waals surface area contributed by atoms with E-state index in [1.807, 2.05) is 13.8 Å². The molecule has 1 rings (SSSR count). The van der Waals surface area contributed by atoms with Gasteiger partial charge in [-0.3, -0.25) is 9.48 Å². The Bertz CT molecular complexity index is 360. The second kappa shape index (κ2) is 5.65. The number of hydrogen-bond acceptors (Lipinski definition) is 3. The molecule has 0 radical (unpaired) electrons. The van der Waals surface area contributed by atoms with E-state index < -0.39 is 6.10 Å². The summed E-state index contributed by atoms with van der Waals surface area (Å²) in [6.07, 6.45) is 2.58. The van der Waals surface area contributed by atoms with E-state index in [0.29, 0.717) is 12.0 Å². The molecule has 1 amide bonds. The minimum absolute atomic E-state index is 0.169. The van der Waals surface area contributed by atoms with Crippen molar-refractivity contribution in [2.45, 2.75) is 32.8 Å². The van der Waals surface area contributed by atoms with Gasteiger partial charge in [0, 0.05) is 19.8 Å². The van der Waals surface area contributed by atoms with E-state index in [4.69, 9.17) is 0 Å². The summed E-state index contributed by atoms with van der Waals surface area (Å²) < 4.78 is 1.63. The summed E-state index contributed by atoms with van der Waals surface area (Å²) in [4.78, 5) is 11.8. The van der Waals surface area contributed by atoms with Gasteiger partial charge in [0.2, 0.25) is 0 Å². The van der Waals surface area contributed by atoms with Gasteiger partial charge in [0.1, 0.15) is 0 Å². The van der Waals surface area contributed by atoms with Gasteiger partial charge >= 0.3 is 0 Å². The molecule has 0 bridgehead atoms. The van der Waals surface area contributed by atoms with Crippen molar-refractivity contribution in [2.75, 3.05) is 6.54 Å². The molecule has 1 heterocycles. The van der Waals surface area contributed by atoms with E-state index >= 15 is 0 Å². The van der Waals surface area contributed by atoms with Crippen molar-refractivity contribution in [3.05, 3.63) is 17.5 Å². The first kappa shape index (κ1) is 12.7. The molecule has 0 saturated carbocycles. The van der Waals surface area contributed by atoms with Gasteiger partial charge in [-0.1, -0.05) is 13.8 Å². The number of rotatable bonds is 5. The summed E-state index contributed by atoms with van der Waals surface area (Å²) in [6, 6.07) is 0. The van der Waals surface area contributed by atoms with Gasteiger partial charge in [0.05, 0.1) is 17.4 Å². The van der Waals surface area contributed by atoms with E-state index in [2.05, 4.69) is 10.4 Å². The number of amides is 1. The first-order valence-corrected chi connectivity index (χ1v) is 5.57. The Labute approximate surface area is 95.5 Å². The number of nitrogens with zero attached hydrogens (tertiary/aromatic N) is 2. The molecular weight excluding hydrogens is 206 g/mol. The van der Waals surface area contributed by atoms with Crippen LogP contribution in [0, 0.1) is 0 Å². The Morgan fingerprint density at radius 1 is 1.62 bits per heavy atom. The number of aryl methyl sites for hydroxylation is 2. The fourth-order valence-electron chi connectivity index (χ4n) is 1.44. The molecule has 1 atom stereocenters. The highest BCUT2D eigenvalue weighted by molar-refractivity contribution is 5.95. The van der Waals surface area contributed by atoms with Crippen LogP contribution in [0.4, 0.5) is 0 Å². The van der Waals surface area contributed by atoms with Crippen LogP contribution < -0.4 is 5.32 Å². The second-order valence-electron chi connectivity index (χ2n) is 3.79. The Balaban J connectivity index is 2.65. The summed E-state index contributed by atoms with van der Waals surface area (Å²) in [7, 11) is 1.79. The molecule has 0 saturated heterocycles. The predicted molar refractivity (Wildman–Crippen MR) is 61.2 cm³/mol. The SMILES string of the molecule is CCc1nn(C)cc1C(=O)NCC(O)CC. The molecular formula is C11H19N3O2. The zero-order valence-electron chi connectivity index (χ0n) is 10.0. The molecule has 5 heteroatoms. The number of aliphatic hydroxyl groups excluding tert-OH is 1. The van der Waals surface area contributed by atoms with Gasteiger partial charge in [-0.25, -0.2) is 0 Å². The van der Waals surface area contributed by atoms with Gasteiger partial charge in [0.25, 0.3) is 5.91 Å². The van der Waals surface area contributed by atoms with E-state index in [1.54, 1.807) is 17.9 Å². The molecule has 0 aromatic carbocycles. The van der Waals surface area contributed by atoms with Gasteiger partial charge in [-0.15, -0.1) is 0 Å². The van der Waals surface area contributed by atoms with Crippen molar-refractivity contribution in [1.29, 1.82) is 0 Å². The van der Waals surface area contributed by atoms with Crippen molar-refractivity contribution < 1.29 is 9.90 Å². The lowest BCUT2D eigenvalue weighted by molar-refractivity contribution is 0.0913. The maximum absolute atomic E-state index is 11.8. The van der Waals surface area contributed by atoms with E-state index in [0.717, 1.165) is 12.1 Å². The number of hydrogen-bond donors (Lipinski definition) is 2. The van der Waals surface area contributed by atoms with Crippen LogP contribution in [-0.2, 0) is 13.5 Å². The van der Waals surface area contributed by atoms with E-state index in [9.17, 15) is 9.90 Å². The molecule has 0 aliphatic rings. The normalized spacial score (nSPS) is 12.5. The van der Waals surface area contributed by atoms with Crippen LogP contribution in [0.2, 0.25) is 0 Å². The quantitative estimate of drug-likeness (QED) is 0.766. The van der Waals surface area contributed by atoms with Crippen LogP contribution in [0.25, 0.3) is 0 Å². The van der Waals surface area contributed by atoms with Crippen molar-refractivity contribution in [3.63, 3.8) is 0 Å². The fraction of sp³-hybridized carbons (Fsp3) is 0.636. The number of carbonyl (C=O) groups excluding carboxylic acids is 1. The summed E-state index contributed by atoms with van der Waals surface area (Å²) in [6.45, 7) is 4.12. The molecule has 1 aromatic heterocycles. The average Bonchev–Trinajstić information content (AvgIpc) is 2.66. The topological polar surface area (TPSA) is 67.2 Å². The second-order valence-corrected chi connectivity index (χ2v) is 3.79. The average molecular weight is 225 g/mol. The summed E-state index contributed by atoms with van der Waals surface area (Å²) >= 11 is 0. The maximum Gasteiger partial charge on any atom is 0.254 e. The highest BCUT2D eigenvalue weighted by atomic mass is 16.3. The van der Waals surface area contributed by atoms with Crippen LogP contribution in [0.15, 0.2) is 6.20 Å². The Kier molecular flexibility index (Phi) is 4.49. The predicted octanol–water partition coefficient (Wildman–Crippen LogP) is 0.483. The largest absolute Gasteiger partial charge is 0.391 e. The zero-order valence-corrected chi connectivity index (χ0v) is 10.0. The molecule has 0 aliphatic heterocycles. The summed E-state index contributed by atoms with van der Waals surface area (Å²) in [5.41, 5.74) is 1.37. The van der Waals surface area contributed by atoms with Crippen molar-refractivity contribution in [1.82, 2.24) is 15.1 Å². The Morgan fingerprint density at radius 2 is 2.31 bits per heavy atom. The third kappa shape index (κ3) is 3.06. The van der Waals surface area contributed by atoms with Gasteiger partial charge in [0.15, 0.2) is 0 Å². The molecule has 16 heavy (non-hydrogen) atoms. The van der Waals surface area contributed by atoms with E-state index in [1.165, 1.54) is 0 Å². The van der Waals surface area contributed by atoms with Crippen LogP contribution in [-0.4, -0.2) is 33.4 Å². The molecule has 1 aromatic rings. The maximum atomic E-state index is 11.8. The molecule has 90 valence electrons. The van der Waals surface area contributed by atoms with Crippen LogP contribution in [0.3, 0.4) is 0 Å². The highest BCUT2D eigenvalue weighted by Crippen LogP contribution is 2.06. The third-order valence-corrected chi connectivity index (χ3v) is 2.45. The summed E-state index contributed by atoms with van der Waals surface area (Å²) in [5.74, 6) is -0.169. The number of aromatic nitrogens is 2. The van der Waals surface area contributed by atoms with Crippen molar-refractivity contribution in [2.24, 2.45) is 7.05 Å². The molecule has 0 aliphatic carbocycles. The van der Waals surface area contributed by atoms with E-state index in [-0.39, 0.29) is 12.5 Å². The minimum Gasteiger partial charge on any atom is -0.391 e.